The Balaban J connectivity index is 1.57. The van der Waals surface area contributed by atoms with Crippen molar-refractivity contribution < 1.29 is 17.2 Å². The van der Waals surface area contributed by atoms with Crippen molar-refractivity contribution in [2.75, 3.05) is 31.1 Å². The molecule has 3 aromatic rings. The highest BCUT2D eigenvalue weighted by atomic mass is 32.2. The number of piperazine rings is 1. The number of anilines is 1. The summed E-state index contributed by atoms with van der Waals surface area (Å²) in [6.45, 7) is 5.07. The highest BCUT2D eigenvalue weighted by molar-refractivity contribution is 7.89. The Morgan fingerprint density at radius 3 is 2.22 bits per heavy atom. The molecule has 1 aliphatic rings. The number of aromatic nitrogens is 2. The molecule has 0 radical (unpaired) electrons. The number of aryl methyl sites for hydroxylation is 2. The second kappa shape index (κ2) is 8.91. The van der Waals surface area contributed by atoms with Gasteiger partial charge in [-0.05, 0) is 49.7 Å². The summed E-state index contributed by atoms with van der Waals surface area (Å²) in [6.07, 6.45) is 0.349. The van der Waals surface area contributed by atoms with E-state index in [1.165, 1.54) is 22.5 Å². The van der Waals surface area contributed by atoms with Crippen molar-refractivity contribution in [2.45, 2.75) is 25.2 Å². The summed E-state index contributed by atoms with van der Waals surface area (Å²) in [5.74, 6) is 0.549. The van der Waals surface area contributed by atoms with Crippen LogP contribution < -0.4 is 4.90 Å². The lowest BCUT2D eigenvalue weighted by Crippen LogP contribution is -2.49. The van der Waals surface area contributed by atoms with Gasteiger partial charge in [-0.15, -0.1) is 0 Å². The molecule has 6 nitrogen and oxygen atoms in total. The molecular weight excluding hydrogens is 434 g/mol. The van der Waals surface area contributed by atoms with Crippen LogP contribution in [0.4, 0.5) is 14.6 Å². The van der Waals surface area contributed by atoms with E-state index in [1.54, 1.807) is 25.1 Å². The zero-order chi connectivity index (χ0) is 22.9. The minimum atomic E-state index is -3.71. The second-order valence-electron chi connectivity index (χ2n) is 7.77. The summed E-state index contributed by atoms with van der Waals surface area (Å²) in [5, 5.41) is 0. The van der Waals surface area contributed by atoms with Gasteiger partial charge in [-0.25, -0.2) is 27.2 Å². The van der Waals surface area contributed by atoms with E-state index in [-0.39, 0.29) is 23.8 Å². The lowest BCUT2D eigenvalue weighted by atomic mass is 10.0. The molecule has 1 aromatic heterocycles. The van der Waals surface area contributed by atoms with Gasteiger partial charge in [0.2, 0.25) is 10.0 Å². The molecule has 0 saturated carbocycles. The van der Waals surface area contributed by atoms with Crippen LogP contribution in [-0.4, -0.2) is 48.9 Å². The van der Waals surface area contributed by atoms with Crippen LogP contribution in [-0.2, 0) is 16.4 Å². The van der Waals surface area contributed by atoms with Crippen molar-refractivity contribution in [3.63, 3.8) is 0 Å². The summed E-state index contributed by atoms with van der Waals surface area (Å²) in [6, 6.07) is 11.5. The van der Waals surface area contributed by atoms with Gasteiger partial charge in [0, 0.05) is 43.9 Å². The zero-order valence-corrected chi connectivity index (χ0v) is 18.7. The smallest absolute Gasteiger partial charge is 0.243 e. The van der Waals surface area contributed by atoms with Crippen LogP contribution in [0.15, 0.2) is 53.4 Å². The van der Waals surface area contributed by atoms with Crippen LogP contribution in [0.2, 0.25) is 0 Å². The van der Waals surface area contributed by atoms with E-state index < -0.39 is 15.8 Å². The minimum Gasteiger partial charge on any atom is -0.354 e. The molecule has 1 fully saturated rings. The number of hydrogen-bond acceptors (Lipinski definition) is 5. The molecular formula is C23H24F2N4O2S. The molecule has 9 heteroatoms. The van der Waals surface area contributed by atoms with E-state index >= 15 is 0 Å². The fourth-order valence-corrected chi connectivity index (χ4v) is 5.34. The van der Waals surface area contributed by atoms with Crippen LogP contribution >= 0.6 is 0 Å². The number of rotatable bonds is 5. The monoisotopic (exact) mass is 458 g/mol. The molecule has 0 atom stereocenters. The van der Waals surface area contributed by atoms with Gasteiger partial charge >= 0.3 is 0 Å². The Kier molecular flexibility index (Phi) is 6.21. The molecule has 4 rings (SSSR count). The average Bonchev–Trinajstić information content (AvgIpc) is 2.77. The van der Waals surface area contributed by atoms with Crippen molar-refractivity contribution in [1.82, 2.24) is 14.3 Å². The first-order valence-corrected chi connectivity index (χ1v) is 11.8. The molecule has 0 N–H and O–H groups in total. The van der Waals surface area contributed by atoms with E-state index in [0.29, 0.717) is 36.7 Å². The number of benzene rings is 2. The van der Waals surface area contributed by atoms with E-state index in [1.807, 2.05) is 11.8 Å². The molecule has 0 unspecified atom stereocenters. The van der Waals surface area contributed by atoms with Crippen LogP contribution in [0.5, 0.6) is 0 Å². The number of hydrogen-bond donors (Lipinski definition) is 0. The molecule has 2 heterocycles. The maximum Gasteiger partial charge on any atom is 0.243 e. The van der Waals surface area contributed by atoms with Gasteiger partial charge in [-0.2, -0.15) is 4.31 Å². The number of halogens is 2. The average molecular weight is 459 g/mol. The first-order valence-electron chi connectivity index (χ1n) is 10.3. The summed E-state index contributed by atoms with van der Waals surface area (Å²) in [5.41, 5.74) is 2.16. The van der Waals surface area contributed by atoms with Gasteiger partial charge in [0.15, 0.2) is 0 Å². The molecule has 1 aliphatic heterocycles. The maximum absolute atomic E-state index is 14.3. The van der Waals surface area contributed by atoms with Crippen molar-refractivity contribution in [1.29, 1.82) is 0 Å². The first kappa shape index (κ1) is 22.3. The summed E-state index contributed by atoms with van der Waals surface area (Å²) in [7, 11) is -3.71. The van der Waals surface area contributed by atoms with Crippen LogP contribution in [0, 0.1) is 25.5 Å². The molecule has 0 bridgehead atoms. The molecule has 32 heavy (non-hydrogen) atoms. The van der Waals surface area contributed by atoms with Gasteiger partial charge in [0.05, 0.1) is 4.90 Å². The number of nitrogens with zero attached hydrogens (tertiary/aromatic N) is 4. The van der Waals surface area contributed by atoms with Crippen LogP contribution in [0.1, 0.15) is 22.6 Å². The predicted molar refractivity (Wildman–Crippen MR) is 118 cm³/mol. The Morgan fingerprint density at radius 2 is 1.56 bits per heavy atom. The van der Waals surface area contributed by atoms with Crippen molar-refractivity contribution in [3.8, 4) is 0 Å². The predicted octanol–water partition coefficient (Wildman–Crippen LogP) is 3.47. The van der Waals surface area contributed by atoms with E-state index in [0.717, 1.165) is 23.4 Å². The Morgan fingerprint density at radius 1 is 0.906 bits per heavy atom. The lowest BCUT2D eigenvalue weighted by molar-refractivity contribution is 0.383. The fourth-order valence-electron chi connectivity index (χ4n) is 3.91. The maximum atomic E-state index is 14.3. The van der Waals surface area contributed by atoms with Crippen molar-refractivity contribution in [2.24, 2.45) is 0 Å². The van der Waals surface area contributed by atoms with Gasteiger partial charge in [0.25, 0.3) is 0 Å². The molecule has 0 spiro atoms. The zero-order valence-electron chi connectivity index (χ0n) is 17.9. The lowest BCUT2D eigenvalue weighted by Gasteiger charge is -2.36. The fraction of sp³-hybridized carbons (Fsp3) is 0.304. The summed E-state index contributed by atoms with van der Waals surface area (Å²) < 4.78 is 54.7. The van der Waals surface area contributed by atoms with E-state index in [9.17, 15) is 17.2 Å². The number of sulfonamides is 1. The van der Waals surface area contributed by atoms with E-state index in [2.05, 4.69) is 9.97 Å². The Labute approximate surface area is 186 Å². The molecule has 168 valence electrons. The quantitative estimate of drug-likeness (QED) is 0.586. The first-order chi connectivity index (χ1) is 15.3. The minimum absolute atomic E-state index is 0.0707. The third-order valence-corrected chi connectivity index (χ3v) is 7.53. The molecule has 0 aliphatic carbocycles. The third-order valence-electron chi connectivity index (χ3n) is 5.62. The summed E-state index contributed by atoms with van der Waals surface area (Å²) >= 11 is 0. The van der Waals surface area contributed by atoms with Gasteiger partial charge in [-0.1, -0.05) is 18.2 Å². The second-order valence-corrected chi connectivity index (χ2v) is 9.71. The normalized spacial score (nSPS) is 15.2. The summed E-state index contributed by atoms with van der Waals surface area (Å²) in [4.78, 5) is 11.2. The highest BCUT2D eigenvalue weighted by Gasteiger charge is 2.30. The topological polar surface area (TPSA) is 66.4 Å². The SMILES string of the molecule is Cc1nc(C)c(Cc2ccccc2F)c(N2CCN(S(=O)(=O)c3ccc(F)cc3)CC2)n1. The largest absolute Gasteiger partial charge is 0.354 e. The highest BCUT2D eigenvalue weighted by Crippen LogP contribution is 2.27. The van der Waals surface area contributed by atoms with E-state index in [4.69, 9.17) is 0 Å². The van der Waals surface area contributed by atoms with Gasteiger partial charge in [-0.3, -0.25) is 0 Å². The Hall–Kier alpha value is -2.91. The van der Waals surface area contributed by atoms with Gasteiger partial charge < -0.3 is 4.90 Å². The van der Waals surface area contributed by atoms with Gasteiger partial charge in [0.1, 0.15) is 23.3 Å². The molecule has 0 amide bonds. The van der Waals surface area contributed by atoms with Crippen molar-refractivity contribution >= 4 is 15.8 Å². The standard InChI is InChI=1S/C23H24F2N4O2S/c1-16-21(15-18-5-3-4-6-22(18)25)23(27-17(2)26-16)28-11-13-29(14-12-28)32(30,31)20-9-7-19(24)8-10-20/h3-10H,11-15H2,1-2H3. The molecule has 1 saturated heterocycles. The van der Waals surface area contributed by atoms with Crippen LogP contribution in [0.25, 0.3) is 0 Å². The Bertz CT molecular complexity index is 1230. The third kappa shape index (κ3) is 4.49. The van der Waals surface area contributed by atoms with Crippen molar-refractivity contribution in [3.05, 3.63) is 82.8 Å². The van der Waals surface area contributed by atoms with Crippen LogP contribution in [0.3, 0.4) is 0 Å². The molecule has 2 aromatic carbocycles.